The van der Waals surface area contributed by atoms with Crippen LogP contribution in [0, 0.1) is 24.2 Å². The lowest BCUT2D eigenvalue weighted by atomic mass is 9.70. The van der Waals surface area contributed by atoms with E-state index in [4.69, 9.17) is 23.0 Å². The molecule has 2 aliphatic carbocycles. The first-order chi connectivity index (χ1) is 19.1. The summed E-state index contributed by atoms with van der Waals surface area (Å²) in [5.41, 5.74) is 4.25. The molecule has 1 aromatic heterocycles. The summed E-state index contributed by atoms with van der Waals surface area (Å²) in [5, 5.41) is 1.00. The number of piperazine rings is 1. The number of terminal acetylenes is 1. The van der Waals surface area contributed by atoms with E-state index in [1.54, 1.807) is 6.07 Å². The van der Waals surface area contributed by atoms with Crippen LogP contribution < -0.4 is 10.5 Å². The molecule has 2 aliphatic heterocycles. The summed E-state index contributed by atoms with van der Waals surface area (Å²) in [6.07, 6.45) is 16.2. The fourth-order valence-electron chi connectivity index (χ4n) is 7.93. The molecule has 0 N–H and O–H groups in total. The van der Waals surface area contributed by atoms with Crippen LogP contribution in [-0.4, -0.2) is 47.2 Å². The highest BCUT2D eigenvalue weighted by molar-refractivity contribution is 6.35. The number of hydrogen-bond donors (Lipinski definition) is 0. The van der Waals surface area contributed by atoms with Crippen molar-refractivity contribution in [2.75, 3.05) is 37.6 Å². The molecule has 3 aromatic rings. The van der Waals surface area contributed by atoms with Gasteiger partial charge in [-0.1, -0.05) is 43.0 Å². The summed E-state index contributed by atoms with van der Waals surface area (Å²) in [7, 11) is 0. The van der Waals surface area contributed by atoms with E-state index in [2.05, 4.69) is 38.5 Å². The van der Waals surface area contributed by atoms with Crippen molar-refractivity contribution in [3.05, 3.63) is 63.2 Å². The molecule has 1 spiro atoms. The zero-order chi connectivity index (χ0) is 26.6. The smallest absolute Gasteiger partial charge is 0.282 e. The van der Waals surface area contributed by atoms with Gasteiger partial charge in [0.2, 0.25) is 0 Å². The standard InChI is InChI=1S/C33H37ClN4O/c1-2-23-9-11-24(12-10-23)22-36-17-19-37(20-18-36)25-13-14-26-29(21-25)38-28-8-6-7-27(34)30(28)31(39)35-32(38)33(26)15-4-3-5-16-33/h1,6-8,13-14,21,23-24H,3-5,9-12,15-20,22H2/t23-,24-. The average molecular weight is 541 g/mol. The van der Waals surface area contributed by atoms with Crippen molar-refractivity contribution in [3.63, 3.8) is 0 Å². The third-order valence-electron chi connectivity index (χ3n) is 10.1. The number of fused-ring (bicyclic) bond motifs is 7. The molecule has 7 rings (SSSR count). The lowest BCUT2D eigenvalue weighted by Crippen LogP contribution is -2.48. The van der Waals surface area contributed by atoms with E-state index < -0.39 is 0 Å². The number of benzene rings is 2. The van der Waals surface area contributed by atoms with Crippen LogP contribution in [0.25, 0.3) is 16.6 Å². The van der Waals surface area contributed by atoms with Crippen molar-refractivity contribution in [1.29, 1.82) is 0 Å². The van der Waals surface area contributed by atoms with E-state index in [9.17, 15) is 4.79 Å². The van der Waals surface area contributed by atoms with Crippen molar-refractivity contribution in [2.24, 2.45) is 11.8 Å². The SMILES string of the molecule is C#C[C@H]1CC[C@H](CN2CCN(c3ccc4c(c3)-n3c(nc(=O)c5c(Cl)cccc53)C43CCCCC3)CC2)CC1. The van der Waals surface area contributed by atoms with Crippen molar-refractivity contribution in [2.45, 2.75) is 63.2 Å². The molecule has 4 aliphatic rings. The lowest BCUT2D eigenvalue weighted by molar-refractivity contribution is 0.183. The zero-order valence-electron chi connectivity index (χ0n) is 22.7. The van der Waals surface area contributed by atoms with Gasteiger partial charge in [0.1, 0.15) is 5.82 Å². The number of rotatable bonds is 3. The third kappa shape index (κ3) is 4.19. The molecule has 202 valence electrons. The summed E-state index contributed by atoms with van der Waals surface area (Å²) in [5.74, 6) is 5.17. The number of hydrogen-bond acceptors (Lipinski definition) is 4. The quantitative estimate of drug-likeness (QED) is 0.373. The second-order valence-electron chi connectivity index (χ2n) is 12.2. The summed E-state index contributed by atoms with van der Waals surface area (Å²) < 4.78 is 2.26. The van der Waals surface area contributed by atoms with Gasteiger partial charge in [0.15, 0.2) is 0 Å². The van der Waals surface area contributed by atoms with E-state index in [-0.39, 0.29) is 11.0 Å². The Morgan fingerprint density at radius 2 is 1.77 bits per heavy atom. The van der Waals surface area contributed by atoms with Crippen LogP contribution in [-0.2, 0) is 5.41 Å². The highest BCUT2D eigenvalue weighted by atomic mass is 35.5. The van der Waals surface area contributed by atoms with Gasteiger partial charge in [0.25, 0.3) is 5.56 Å². The van der Waals surface area contributed by atoms with Gasteiger partial charge in [-0.25, -0.2) is 0 Å². The van der Waals surface area contributed by atoms with E-state index in [1.165, 1.54) is 55.6 Å². The second kappa shape index (κ2) is 9.98. The first-order valence-electron chi connectivity index (χ1n) is 14.9. The molecule has 5 nitrogen and oxygen atoms in total. The normalized spacial score (nSPS) is 24.5. The van der Waals surface area contributed by atoms with Crippen LogP contribution >= 0.6 is 11.6 Å². The predicted octanol–water partition coefficient (Wildman–Crippen LogP) is 6.16. The Morgan fingerprint density at radius 3 is 2.51 bits per heavy atom. The van der Waals surface area contributed by atoms with E-state index in [0.717, 1.165) is 69.1 Å². The van der Waals surface area contributed by atoms with Gasteiger partial charge in [-0.3, -0.25) is 14.3 Å². The molecule has 3 heterocycles. The zero-order valence-corrected chi connectivity index (χ0v) is 23.4. The third-order valence-corrected chi connectivity index (χ3v) is 10.4. The van der Waals surface area contributed by atoms with Crippen molar-refractivity contribution in [1.82, 2.24) is 14.5 Å². The molecule has 6 heteroatoms. The van der Waals surface area contributed by atoms with E-state index in [0.29, 0.717) is 16.3 Å². The average Bonchev–Trinajstić information content (AvgIpc) is 3.22. The Morgan fingerprint density at radius 1 is 1.00 bits per heavy atom. The van der Waals surface area contributed by atoms with Gasteiger partial charge in [-0.2, -0.15) is 4.98 Å². The minimum atomic E-state index is -0.205. The van der Waals surface area contributed by atoms with Crippen molar-refractivity contribution < 1.29 is 0 Å². The number of anilines is 1. The molecule has 1 saturated heterocycles. The van der Waals surface area contributed by atoms with Crippen LogP contribution in [0.2, 0.25) is 5.02 Å². The van der Waals surface area contributed by atoms with Crippen LogP contribution in [0.3, 0.4) is 0 Å². The fraction of sp³-hybridized carbons (Fsp3) is 0.515. The lowest BCUT2D eigenvalue weighted by Gasteiger charge is -2.39. The molecule has 0 radical (unpaired) electrons. The highest BCUT2D eigenvalue weighted by Gasteiger charge is 2.46. The fourth-order valence-corrected chi connectivity index (χ4v) is 8.18. The summed E-state index contributed by atoms with van der Waals surface area (Å²) in [4.78, 5) is 23.2. The summed E-state index contributed by atoms with van der Waals surface area (Å²) >= 11 is 6.54. The first-order valence-corrected chi connectivity index (χ1v) is 15.3. The molecular formula is C33H37ClN4O. The number of nitrogens with zero attached hydrogens (tertiary/aromatic N) is 4. The number of halogens is 1. The van der Waals surface area contributed by atoms with Crippen LogP contribution in [0.15, 0.2) is 41.2 Å². The Balaban J connectivity index is 1.19. The molecule has 2 saturated carbocycles. The maximum atomic E-state index is 13.2. The topological polar surface area (TPSA) is 41.4 Å². The molecule has 3 fully saturated rings. The summed E-state index contributed by atoms with van der Waals surface area (Å²) in [6, 6.07) is 12.8. The van der Waals surface area contributed by atoms with Gasteiger partial charge in [-0.05, 0) is 74.3 Å². The Hall–Kier alpha value is -2.81. The predicted molar refractivity (Wildman–Crippen MR) is 159 cm³/mol. The molecule has 2 aromatic carbocycles. The van der Waals surface area contributed by atoms with Gasteiger partial charge in [0, 0.05) is 44.3 Å². The Labute approximate surface area is 236 Å². The van der Waals surface area contributed by atoms with Gasteiger partial charge in [0.05, 0.1) is 27.0 Å². The minimum absolute atomic E-state index is 0.182. The van der Waals surface area contributed by atoms with Crippen LogP contribution in [0.5, 0.6) is 0 Å². The van der Waals surface area contributed by atoms with Crippen molar-refractivity contribution >= 4 is 28.2 Å². The highest BCUT2D eigenvalue weighted by Crippen LogP contribution is 2.52. The first kappa shape index (κ1) is 25.2. The maximum Gasteiger partial charge on any atom is 0.282 e. The molecule has 0 atom stereocenters. The van der Waals surface area contributed by atoms with Crippen LogP contribution in [0.1, 0.15) is 69.2 Å². The largest absolute Gasteiger partial charge is 0.369 e. The Kier molecular flexibility index (Phi) is 6.45. The minimum Gasteiger partial charge on any atom is -0.369 e. The van der Waals surface area contributed by atoms with E-state index >= 15 is 0 Å². The van der Waals surface area contributed by atoms with Crippen LogP contribution in [0.4, 0.5) is 5.69 Å². The molecule has 0 bridgehead atoms. The van der Waals surface area contributed by atoms with Gasteiger partial charge in [-0.15, -0.1) is 12.3 Å². The van der Waals surface area contributed by atoms with Crippen molar-refractivity contribution in [3.8, 4) is 18.0 Å². The molecule has 0 unspecified atom stereocenters. The van der Waals surface area contributed by atoms with Gasteiger partial charge < -0.3 is 4.90 Å². The Bertz CT molecular complexity index is 1500. The van der Waals surface area contributed by atoms with E-state index in [1.807, 2.05) is 12.1 Å². The molecular weight excluding hydrogens is 504 g/mol. The molecule has 0 amide bonds. The maximum absolute atomic E-state index is 13.2. The second-order valence-corrected chi connectivity index (χ2v) is 12.6. The monoisotopic (exact) mass is 540 g/mol. The summed E-state index contributed by atoms with van der Waals surface area (Å²) in [6.45, 7) is 5.47. The van der Waals surface area contributed by atoms with Gasteiger partial charge >= 0.3 is 0 Å². The number of aromatic nitrogens is 2. The molecule has 39 heavy (non-hydrogen) atoms.